The minimum atomic E-state index is -1.49. The Morgan fingerprint density at radius 1 is 0.712 bits per heavy atom. The highest BCUT2D eigenvalue weighted by molar-refractivity contribution is 5.98. The molecule has 324 valence electrons. The predicted octanol–water partition coefficient (Wildman–Crippen LogP) is 1.19. The fourth-order valence-corrected chi connectivity index (χ4v) is 6.04. The fraction of sp³-hybridized carbons (Fsp3) is 0.561. The van der Waals surface area contributed by atoms with E-state index in [1.807, 2.05) is 42.5 Å². The molecule has 0 radical (unpaired) electrons. The Balaban J connectivity index is 1.98. The van der Waals surface area contributed by atoms with Crippen LogP contribution in [0.15, 0.2) is 47.5 Å². The number of aliphatic imine (C=N–C) groups is 1. The van der Waals surface area contributed by atoms with Crippen LogP contribution in [0.25, 0.3) is 10.8 Å². The van der Waals surface area contributed by atoms with Gasteiger partial charge in [0, 0.05) is 26.6 Å². The Hall–Kier alpha value is -5.94. The first-order chi connectivity index (χ1) is 27.7. The standard InChI is InChI=1S/C41H61N9O9/c1-40(2,3)58-33(52)23-31-37(56)50-30(22-25-17-18-26-13-8-9-14-27(26)21-25)36(55)49-29(15-10-11-19-45-39(57)59-41(4,5)6)35(54)48-28(16-12-20-44-38(42)43-7)34(53)46-24-32(51)47-31/h8-9,13-14,17-18,21,28-31H,10-12,15-16,19-20,22-24H2,1-7H3,(H,45,57)(H,46,53)(H,47,51)(H,48,54)(H,49,55)(H,50,56)(H3,42,43,44)/t28-,29-,30+,31-/m0/s1. The minimum Gasteiger partial charge on any atom is -0.460 e. The summed E-state index contributed by atoms with van der Waals surface area (Å²) in [6.45, 7) is 10.1. The van der Waals surface area contributed by atoms with Crippen LogP contribution in [0.4, 0.5) is 4.79 Å². The molecule has 1 fully saturated rings. The van der Waals surface area contributed by atoms with E-state index in [0.29, 0.717) is 31.4 Å². The number of carbonyl (C=O) groups excluding carboxylic acids is 7. The predicted molar refractivity (Wildman–Crippen MR) is 222 cm³/mol. The zero-order chi connectivity index (χ0) is 43.8. The fourth-order valence-electron chi connectivity index (χ4n) is 6.04. The van der Waals surface area contributed by atoms with E-state index in [2.05, 4.69) is 42.2 Å². The lowest BCUT2D eigenvalue weighted by Crippen LogP contribution is -2.58. The first kappa shape index (κ1) is 47.4. The molecule has 0 aromatic heterocycles. The summed E-state index contributed by atoms with van der Waals surface area (Å²) in [4.78, 5) is 98.0. The van der Waals surface area contributed by atoms with Gasteiger partial charge in [0.1, 0.15) is 35.4 Å². The van der Waals surface area contributed by atoms with Crippen molar-refractivity contribution in [2.45, 2.75) is 122 Å². The normalized spacial score (nSPS) is 20.1. The van der Waals surface area contributed by atoms with Crippen molar-refractivity contribution in [2.75, 3.05) is 26.7 Å². The molecule has 2 aromatic carbocycles. The Bertz CT molecular complexity index is 1840. The summed E-state index contributed by atoms with van der Waals surface area (Å²) in [5, 5.41) is 20.6. The van der Waals surface area contributed by atoms with Crippen molar-refractivity contribution in [3.63, 3.8) is 0 Å². The van der Waals surface area contributed by atoms with Crippen LogP contribution < -0.4 is 43.0 Å². The van der Waals surface area contributed by atoms with Gasteiger partial charge in [0.2, 0.25) is 29.5 Å². The molecule has 1 aliphatic heterocycles. The number of nitrogens with zero attached hydrogens (tertiary/aromatic N) is 1. The zero-order valence-electron chi connectivity index (χ0n) is 35.1. The van der Waals surface area contributed by atoms with Gasteiger partial charge in [0.15, 0.2) is 5.96 Å². The molecule has 1 saturated heterocycles. The van der Waals surface area contributed by atoms with Crippen molar-refractivity contribution in [2.24, 2.45) is 10.7 Å². The van der Waals surface area contributed by atoms with E-state index in [4.69, 9.17) is 15.2 Å². The van der Waals surface area contributed by atoms with Crippen LogP contribution in [0.5, 0.6) is 0 Å². The Labute approximate surface area is 345 Å². The molecular formula is C41H61N9O9. The Kier molecular flexibility index (Phi) is 17.9. The lowest BCUT2D eigenvalue weighted by atomic mass is 10.00. The number of nitrogens with two attached hydrogens (primary N) is 1. The van der Waals surface area contributed by atoms with E-state index >= 15 is 0 Å². The lowest BCUT2D eigenvalue weighted by Gasteiger charge is -2.26. The highest BCUT2D eigenvalue weighted by atomic mass is 16.6. The van der Waals surface area contributed by atoms with Crippen LogP contribution in [0.1, 0.15) is 85.6 Å². The number of ether oxygens (including phenoxy) is 2. The van der Waals surface area contributed by atoms with Gasteiger partial charge in [-0.1, -0.05) is 42.5 Å². The number of unbranched alkanes of at least 4 members (excludes halogenated alkanes) is 1. The molecule has 0 aliphatic carbocycles. The van der Waals surface area contributed by atoms with Gasteiger partial charge in [-0.2, -0.15) is 0 Å². The molecule has 2 aromatic rings. The highest BCUT2D eigenvalue weighted by Crippen LogP contribution is 2.18. The average Bonchev–Trinajstić information content (AvgIpc) is 3.14. The van der Waals surface area contributed by atoms with E-state index in [9.17, 15) is 33.6 Å². The largest absolute Gasteiger partial charge is 0.460 e. The maximum atomic E-state index is 14.3. The maximum absolute atomic E-state index is 14.3. The molecular weight excluding hydrogens is 763 g/mol. The Morgan fingerprint density at radius 2 is 1.29 bits per heavy atom. The van der Waals surface area contributed by atoms with Crippen LogP contribution in [0.2, 0.25) is 0 Å². The molecule has 1 aliphatic rings. The molecule has 0 spiro atoms. The molecule has 9 N–H and O–H groups in total. The molecule has 1 heterocycles. The summed E-state index contributed by atoms with van der Waals surface area (Å²) in [7, 11) is 1.51. The summed E-state index contributed by atoms with van der Waals surface area (Å²) in [6, 6.07) is 8.06. The van der Waals surface area contributed by atoms with Gasteiger partial charge in [0.05, 0.1) is 13.0 Å². The second-order valence-corrected chi connectivity index (χ2v) is 16.3. The van der Waals surface area contributed by atoms with Crippen molar-refractivity contribution < 1.29 is 43.0 Å². The molecule has 4 atom stereocenters. The van der Waals surface area contributed by atoms with Crippen LogP contribution >= 0.6 is 0 Å². The Morgan fingerprint density at radius 3 is 1.95 bits per heavy atom. The monoisotopic (exact) mass is 823 g/mol. The van der Waals surface area contributed by atoms with E-state index in [1.165, 1.54) is 7.05 Å². The number of fused-ring (bicyclic) bond motifs is 1. The maximum Gasteiger partial charge on any atom is 0.407 e. The third kappa shape index (κ3) is 17.6. The van der Waals surface area contributed by atoms with Crippen molar-refractivity contribution in [1.29, 1.82) is 0 Å². The molecule has 3 rings (SSSR count). The smallest absolute Gasteiger partial charge is 0.407 e. The highest BCUT2D eigenvalue weighted by Gasteiger charge is 2.34. The first-order valence-electron chi connectivity index (χ1n) is 19.8. The second-order valence-electron chi connectivity index (χ2n) is 16.3. The second kappa shape index (κ2) is 22.3. The summed E-state index contributed by atoms with van der Waals surface area (Å²) < 4.78 is 10.7. The number of hydrogen-bond acceptors (Lipinski definition) is 10. The van der Waals surface area contributed by atoms with Gasteiger partial charge in [-0.3, -0.25) is 33.8 Å². The number of esters is 1. The van der Waals surface area contributed by atoms with Crippen molar-refractivity contribution in [3.8, 4) is 0 Å². The van der Waals surface area contributed by atoms with Gasteiger partial charge in [-0.05, 0) is 90.0 Å². The number of amides is 6. The van der Waals surface area contributed by atoms with E-state index in [1.54, 1.807) is 41.5 Å². The summed E-state index contributed by atoms with van der Waals surface area (Å²) >= 11 is 0. The summed E-state index contributed by atoms with van der Waals surface area (Å²) in [6.07, 6.45) is 0.0995. The number of nitrogens with one attached hydrogen (secondary N) is 7. The zero-order valence-corrected chi connectivity index (χ0v) is 35.1. The third-order valence-corrected chi connectivity index (χ3v) is 8.82. The molecule has 0 bridgehead atoms. The van der Waals surface area contributed by atoms with E-state index in [-0.39, 0.29) is 31.8 Å². The van der Waals surface area contributed by atoms with Crippen LogP contribution in [0.3, 0.4) is 0 Å². The summed E-state index contributed by atoms with van der Waals surface area (Å²) in [5.41, 5.74) is 4.83. The van der Waals surface area contributed by atoms with Gasteiger partial charge < -0.3 is 52.4 Å². The van der Waals surface area contributed by atoms with Gasteiger partial charge in [-0.15, -0.1) is 0 Å². The van der Waals surface area contributed by atoms with Gasteiger partial charge in [0.25, 0.3) is 0 Å². The topological polar surface area (TPSA) is 261 Å². The number of guanidine groups is 1. The van der Waals surface area contributed by atoms with Gasteiger partial charge >= 0.3 is 12.1 Å². The van der Waals surface area contributed by atoms with Crippen LogP contribution in [-0.4, -0.2) is 110 Å². The number of alkyl carbamates (subject to hydrolysis) is 1. The first-order valence-corrected chi connectivity index (χ1v) is 19.8. The molecule has 0 saturated carbocycles. The van der Waals surface area contributed by atoms with E-state index < -0.39 is 89.9 Å². The van der Waals surface area contributed by atoms with Crippen LogP contribution in [-0.2, 0) is 44.7 Å². The van der Waals surface area contributed by atoms with E-state index in [0.717, 1.165) is 10.8 Å². The van der Waals surface area contributed by atoms with Crippen LogP contribution in [0, 0.1) is 0 Å². The number of benzene rings is 2. The SMILES string of the molecule is CN=C(N)NCCC[C@@H]1NC(=O)[C@H](CCCCNC(=O)OC(C)(C)C)NC(=O)[C@@H](Cc2ccc3ccccc3c2)NC(=O)[C@H](CC(=O)OC(C)(C)C)NC(=O)CNC1=O. The molecule has 18 nitrogen and oxygen atoms in total. The number of carbonyl (C=O) groups is 7. The van der Waals surface area contributed by atoms with Crippen molar-refractivity contribution in [3.05, 3.63) is 48.0 Å². The lowest BCUT2D eigenvalue weighted by molar-refractivity contribution is -0.156. The quantitative estimate of drug-likeness (QED) is 0.0616. The molecule has 6 amide bonds. The molecule has 59 heavy (non-hydrogen) atoms. The minimum absolute atomic E-state index is 0.0243. The average molecular weight is 824 g/mol. The van der Waals surface area contributed by atoms with Crippen molar-refractivity contribution in [1.82, 2.24) is 37.2 Å². The molecule has 18 heteroatoms. The third-order valence-electron chi connectivity index (χ3n) is 8.82. The summed E-state index contributed by atoms with van der Waals surface area (Å²) in [5.74, 6) is -4.37. The van der Waals surface area contributed by atoms with Crippen molar-refractivity contribution >= 4 is 58.3 Å². The van der Waals surface area contributed by atoms with Gasteiger partial charge in [-0.25, -0.2) is 4.79 Å². The number of rotatable bonds is 13. The molecule has 0 unspecified atom stereocenters. The number of hydrogen-bond donors (Lipinski definition) is 8.